The van der Waals surface area contributed by atoms with Crippen molar-refractivity contribution in [2.45, 2.75) is 38.6 Å². The highest BCUT2D eigenvalue weighted by Crippen LogP contribution is 2.19. The highest BCUT2D eigenvalue weighted by Gasteiger charge is 2.24. The van der Waals surface area contributed by atoms with Gasteiger partial charge in [-0.15, -0.1) is 0 Å². The molecule has 1 aliphatic rings. The number of amides is 2. The minimum Gasteiger partial charge on any atom is -0.497 e. The van der Waals surface area contributed by atoms with Crippen LogP contribution in [0.15, 0.2) is 48.5 Å². The van der Waals surface area contributed by atoms with Crippen molar-refractivity contribution in [3.63, 3.8) is 0 Å². The molecule has 1 aliphatic heterocycles. The number of nitrogens with one attached hydrogen (secondary N) is 1. The molecule has 2 aromatic carbocycles. The Hall–Kier alpha value is -3.35. The maximum atomic E-state index is 12.8. The van der Waals surface area contributed by atoms with Crippen molar-refractivity contribution in [3.05, 3.63) is 59.7 Å². The predicted octanol–water partition coefficient (Wildman–Crippen LogP) is 2.97. The fourth-order valence-electron chi connectivity index (χ4n) is 3.62. The molecule has 0 aromatic heterocycles. The van der Waals surface area contributed by atoms with Crippen molar-refractivity contribution in [2.75, 3.05) is 20.2 Å². The van der Waals surface area contributed by atoms with Gasteiger partial charge in [0.25, 0.3) is 5.91 Å². The van der Waals surface area contributed by atoms with Crippen LogP contribution in [-0.2, 0) is 16.0 Å². The Morgan fingerprint density at radius 2 is 1.74 bits per heavy atom. The van der Waals surface area contributed by atoms with E-state index in [4.69, 9.17) is 9.47 Å². The smallest absolute Gasteiger partial charge is 0.308 e. The third-order valence-corrected chi connectivity index (χ3v) is 5.29. The summed E-state index contributed by atoms with van der Waals surface area (Å²) < 4.78 is 10.2. The molecular weight excluding hydrogens is 396 g/mol. The van der Waals surface area contributed by atoms with Crippen molar-refractivity contribution < 1.29 is 23.9 Å². The summed E-state index contributed by atoms with van der Waals surface area (Å²) in [5.74, 6) is 0.658. The van der Waals surface area contributed by atoms with Gasteiger partial charge in [0.2, 0.25) is 5.91 Å². The van der Waals surface area contributed by atoms with E-state index in [0.717, 1.165) is 11.3 Å². The molecule has 2 amide bonds. The van der Waals surface area contributed by atoms with Crippen molar-refractivity contribution in [1.82, 2.24) is 10.2 Å². The van der Waals surface area contributed by atoms with Gasteiger partial charge in [-0.05, 0) is 55.2 Å². The summed E-state index contributed by atoms with van der Waals surface area (Å²) in [5, 5.41) is 3.08. The number of piperidine rings is 1. The van der Waals surface area contributed by atoms with Gasteiger partial charge in [0.15, 0.2) is 0 Å². The van der Waals surface area contributed by atoms with Crippen LogP contribution in [0.2, 0.25) is 0 Å². The molecule has 0 radical (unpaired) electrons. The zero-order chi connectivity index (χ0) is 22.2. The van der Waals surface area contributed by atoms with Crippen LogP contribution in [0.1, 0.15) is 42.1 Å². The molecule has 31 heavy (non-hydrogen) atoms. The second kappa shape index (κ2) is 10.6. The maximum Gasteiger partial charge on any atom is 0.308 e. The summed E-state index contributed by atoms with van der Waals surface area (Å²) in [5.41, 5.74) is 1.58. The lowest BCUT2D eigenvalue weighted by molar-refractivity contribution is -0.131. The number of hydrogen-bond donors (Lipinski definition) is 1. The quantitative estimate of drug-likeness (QED) is 0.546. The molecule has 1 heterocycles. The summed E-state index contributed by atoms with van der Waals surface area (Å²) in [7, 11) is 1.63. The van der Waals surface area contributed by atoms with Crippen molar-refractivity contribution >= 4 is 17.8 Å². The molecule has 1 N–H and O–H groups in total. The van der Waals surface area contributed by atoms with E-state index < -0.39 is 5.97 Å². The standard InChI is InChI=1S/C24H28N2O5/c1-17(27)31-22-5-3-4-19(16-22)24(29)26-14-12-20(13-15-26)25-23(28)11-8-18-6-9-21(30-2)10-7-18/h3-7,9-10,16,20H,8,11-15H2,1-2H3,(H,25,28). The molecule has 1 fully saturated rings. The second-order valence-corrected chi connectivity index (χ2v) is 7.60. The third kappa shape index (κ3) is 6.57. The first kappa shape index (κ1) is 22.3. The minimum atomic E-state index is -0.423. The number of carbonyl (C=O) groups excluding carboxylic acids is 3. The summed E-state index contributed by atoms with van der Waals surface area (Å²) in [4.78, 5) is 38.0. The topological polar surface area (TPSA) is 84.9 Å². The summed E-state index contributed by atoms with van der Waals surface area (Å²) in [6.45, 7) is 2.46. The number of benzene rings is 2. The average molecular weight is 424 g/mol. The van der Waals surface area contributed by atoms with E-state index in [9.17, 15) is 14.4 Å². The van der Waals surface area contributed by atoms with Crippen LogP contribution in [0.4, 0.5) is 0 Å². The highest BCUT2D eigenvalue weighted by atomic mass is 16.5. The Bertz CT molecular complexity index is 918. The van der Waals surface area contributed by atoms with Crippen molar-refractivity contribution in [3.8, 4) is 11.5 Å². The van der Waals surface area contributed by atoms with Gasteiger partial charge in [0.1, 0.15) is 11.5 Å². The number of carbonyl (C=O) groups is 3. The molecule has 0 saturated carbocycles. The van der Waals surface area contributed by atoms with Gasteiger partial charge in [-0.3, -0.25) is 14.4 Å². The third-order valence-electron chi connectivity index (χ3n) is 5.29. The number of methoxy groups -OCH3 is 1. The molecular formula is C24H28N2O5. The fraction of sp³-hybridized carbons (Fsp3) is 0.375. The van der Waals surface area contributed by atoms with Gasteiger partial charge in [-0.1, -0.05) is 18.2 Å². The first-order chi connectivity index (χ1) is 14.9. The SMILES string of the molecule is COc1ccc(CCC(=O)NC2CCN(C(=O)c3cccc(OC(C)=O)c3)CC2)cc1. The number of likely N-dealkylation sites (tertiary alicyclic amines) is 1. The molecule has 0 bridgehead atoms. The summed E-state index contributed by atoms with van der Waals surface area (Å²) in [6, 6.07) is 14.4. The molecule has 3 rings (SSSR count). The largest absolute Gasteiger partial charge is 0.497 e. The van der Waals surface area contributed by atoms with Crippen LogP contribution >= 0.6 is 0 Å². The van der Waals surface area contributed by atoms with Crippen molar-refractivity contribution in [1.29, 1.82) is 0 Å². The van der Waals surface area contributed by atoms with Gasteiger partial charge in [0.05, 0.1) is 7.11 Å². The molecule has 2 aromatic rings. The van der Waals surface area contributed by atoms with Crippen LogP contribution in [-0.4, -0.2) is 48.9 Å². The molecule has 0 aliphatic carbocycles. The Balaban J connectivity index is 1.44. The average Bonchev–Trinajstić information content (AvgIpc) is 2.78. The maximum absolute atomic E-state index is 12.8. The first-order valence-corrected chi connectivity index (χ1v) is 10.4. The summed E-state index contributed by atoms with van der Waals surface area (Å²) in [6.07, 6.45) is 2.52. The molecule has 1 saturated heterocycles. The van der Waals surface area contributed by atoms with E-state index in [0.29, 0.717) is 50.1 Å². The van der Waals surface area contributed by atoms with E-state index >= 15 is 0 Å². The van der Waals surface area contributed by atoms with E-state index in [1.807, 2.05) is 24.3 Å². The van der Waals surface area contributed by atoms with Crippen LogP contribution in [0.25, 0.3) is 0 Å². The summed E-state index contributed by atoms with van der Waals surface area (Å²) >= 11 is 0. The lowest BCUT2D eigenvalue weighted by atomic mass is 10.0. The zero-order valence-electron chi connectivity index (χ0n) is 17.9. The lowest BCUT2D eigenvalue weighted by Gasteiger charge is -2.32. The van der Waals surface area contributed by atoms with Crippen LogP contribution in [0.5, 0.6) is 11.5 Å². The minimum absolute atomic E-state index is 0.0228. The van der Waals surface area contributed by atoms with E-state index in [2.05, 4.69) is 5.32 Å². The predicted molar refractivity (Wildman–Crippen MR) is 116 cm³/mol. The number of aryl methyl sites for hydroxylation is 1. The van der Waals surface area contributed by atoms with Gasteiger partial charge in [-0.25, -0.2) is 0 Å². The molecule has 7 nitrogen and oxygen atoms in total. The Morgan fingerprint density at radius 3 is 2.39 bits per heavy atom. The Kier molecular flexibility index (Phi) is 7.65. The number of esters is 1. The number of rotatable bonds is 7. The molecule has 7 heteroatoms. The highest BCUT2D eigenvalue weighted by molar-refractivity contribution is 5.94. The second-order valence-electron chi connectivity index (χ2n) is 7.60. The first-order valence-electron chi connectivity index (χ1n) is 10.4. The van der Waals surface area contributed by atoms with E-state index in [1.165, 1.54) is 6.92 Å². The number of nitrogens with zero attached hydrogens (tertiary/aromatic N) is 1. The normalized spacial score (nSPS) is 14.1. The number of ether oxygens (including phenoxy) is 2. The van der Waals surface area contributed by atoms with Crippen LogP contribution in [0.3, 0.4) is 0 Å². The van der Waals surface area contributed by atoms with Gasteiger partial charge in [0, 0.05) is 38.0 Å². The molecule has 164 valence electrons. The number of hydrogen-bond acceptors (Lipinski definition) is 5. The lowest BCUT2D eigenvalue weighted by Crippen LogP contribution is -2.46. The monoisotopic (exact) mass is 424 g/mol. The van der Waals surface area contributed by atoms with Gasteiger partial charge >= 0.3 is 5.97 Å². The fourth-order valence-corrected chi connectivity index (χ4v) is 3.62. The molecule has 0 atom stereocenters. The van der Waals surface area contributed by atoms with E-state index in [1.54, 1.807) is 36.3 Å². The Morgan fingerprint density at radius 1 is 1.03 bits per heavy atom. The molecule has 0 unspecified atom stereocenters. The van der Waals surface area contributed by atoms with Crippen LogP contribution in [0, 0.1) is 0 Å². The van der Waals surface area contributed by atoms with Gasteiger partial charge in [-0.2, -0.15) is 0 Å². The van der Waals surface area contributed by atoms with Crippen LogP contribution < -0.4 is 14.8 Å². The Labute approximate surface area is 182 Å². The molecule has 0 spiro atoms. The zero-order valence-corrected chi connectivity index (χ0v) is 17.9. The van der Waals surface area contributed by atoms with Crippen molar-refractivity contribution in [2.24, 2.45) is 0 Å². The van der Waals surface area contributed by atoms with E-state index in [-0.39, 0.29) is 17.9 Å². The van der Waals surface area contributed by atoms with Gasteiger partial charge < -0.3 is 19.7 Å².